The van der Waals surface area contributed by atoms with Crippen LogP contribution in [0.5, 0.6) is 17.2 Å². The minimum absolute atomic E-state index is 0.200. The topological polar surface area (TPSA) is 44.1 Å². The Morgan fingerprint density at radius 1 is 0.926 bits per heavy atom. The van der Waals surface area contributed by atoms with Crippen molar-refractivity contribution in [3.05, 3.63) is 71.2 Å². The van der Waals surface area contributed by atoms with E-state index < -0.39 is 0 Å². The van der Waals surface area contributed by atoms with Gasteiger partial charge in [0.15, 0.2) is 11.5 Å². The zero-order valence-electron chi connectivity index (χ0n) is 15.0. The molecule has 0 radical (unpaired) electrons. The van der Waals surface area contributed by atoms with Gasteiger partial charge in [-0.05, 0) is 36.8 Å². The summed E-state index contributed by atoms with van der Waals surface area (Å²) in [6.07, 6.45) is 0. The molecule has 0 fully saturated rings. The van der Waals surface area contributed by atoms with Crippen molar-refractivity contribution >= 4 is 5.69 Å². The molecule has 1 unspecified atom stereocenters. The molecule has 6 rings (SSSR count). The summed E-state index contributed by atoms with van der Waals surface area (Å²) < 4.78 is 23.1. The molecule has 1 atom stereocenters. The molecule has 0 N–H and O–H groups in total. The van der Waals surface area contributed by atoms with Crippen molar-refractivity contribution in [2.45, 2.75) is 18.9 Å². The van der Waals surface area contributed by atoms with Crippen molar-refractivity contribution in [1.29, 1.82) is 0 Å². The number of hydrogen-bond donors (Lipinski definition) is 0. The molecular formula is C22H19NO4. The van der Waals surface area contributed by atoms with Crippen LogP contribution in [0.2, 0.25) is 0 Å². The van der Waals surface area contributed by atoms with Gasteiger partial charge in [0.2, 0.25) is 6.79 Å². The number of anilines is 1. The fourth-order valence-electron chi connectivity index (χ4n) is 4.60. The molecule has 4 heterocycles. The van der Waals surface area contributed by atoms with Crippen molar-refractivity contribution in [3.8, 4) is 17.2 Å². The van der Waals surface area contributed by atoms with Crippen LogP contribution in [0.25, 0.3) is 0 Å². The Kier molecular flexibility index (Phi) is 2.91. The summed E-state index contributed by atoms with van der Waals surface area (Å²) in [5.74, 6) is 4.37. The summed E-state index contributed by atoms with van der Waals surface area (Å²) in [5, 5.41) is 0. The SMILES string of the molecule is Cc1ccc(CN2CC3(COc4cc5c(cc43)OCO5)c3ccccc32)o1. The summed E-state index contributed by atoms with van der Waals surface area (Å²) in [5.41, 5.74) is 3.51. The Hall–Kier alpha value is -3.08. The van der Waals surface area contributed by atoms with Crippen LogP contribution in [0.15, 0.2) is 52.9 Å². The number of para-hydroxylation sites is 1. The molecule has 0 saturated carbocycles. The van der Waals surface area contributed by atoms with E-state index in [0.29, 0.717) is 6.61 Å². The van der Waals surface area contributed by atoms with Gasteiger partial charge in [0, 0.05) is 23.9 Å². The van der Waals surface area contributed by atoms with Crippen LogP contribution in [-0.4, -0.2) is 19.9 Å². The zero-order chi connectivity index (χ0) is 18.0. The Balaban J connectivity index is 1.46. The number of fused-ring (bicyclic) bond motifs is 5. The highest BCUT2D eigenvalue weighted by Crippen LogP contribution is 2.54. The Morgan fingerprint density at radius 2 is 1.78 bits per heavy atom. The highest BCUT2D eigenvalue weighted by molar-refractivity contribution is 5.70. The van der Waals surface area contributed by atoms with Gasteiger partial charge in [-0.25, -0.2) is 0 Å². The third kappa shape index (κ3) is 2.05. The lowest BCUT2D eigenvalue weighted by molar-refractivity contribution is 0.173. The first-order chi connectivity index (χ1) is 13.2. The number of ether oxygens (including phenoxy) is 3. The number of benzene rings is 2. The second kappa shape index (κ2) is 5.22. The fourth-order valence-corrected chi connectivity index (χ4v) is 4.60. The standard InChI is InChI=1S/C22H19NO4/c1-14-6-7-15(27-14)10-23-11-22(16-4-2-3-5-18(16)23)12-24-19-9-21-20(8-17(19)22)25-13-26-21/h2-9H,10-13H2,1H3. The predicted molar refractivity (Wildman–Crippen MR) is 99.8 cm³/mol. The van der Waals surface area contributed by atoms with Crippen molar-refractivity contribution in [2.75, 3.05) is 24.8 Å². The van der Waals surface area contributed by atoms with E-state index in [1.807, 2.05) is 19.1 Å². The van der Waals surface area contributed by atoms with E-state index in [9.17, 15) is 0 Å². The van der Waals surface area contributed by atoms with E-state index in [-0.39, 0.29) is 12.2 Å². The molecule has 0 amide bonds. The Bertz CT molecular complexity index is 1060. The maximum atomic E-state index is 6.14. The summed E-state index contributed by atoms with van der Waals surface area (Å²) in [4.78, 5) is 2.39. The monoisotopic (exact) mass is 361 g/mol. The molecule has 2 aromatic carbocycles. The molecule has 3 aliphatic rings. The Morgan fingerprint density at radius 3 is 2.63 bits per heavy atom. The average molecular weight is 361 g/mol. The van der Waals surface area contributed by atoms with Gasteiger partial charge < -0.3 is 23.5 Å². The van der Waals surface area contributed by atoms with Gasteiger partial charge >= 0.3 is 0 Å². The lowest BCUT2D eigenvalue weighted by Gasteiger charge is -2.24. The van der Waals surface area contributed by atoms with Crippen LogP contribution in [0, 0.1) is 6.92 Å². The predicted octanol–water partition coefficient (Wildman–Crippen LogP) is 4.02. The van der Waals surface area contributed by atoms with E-state index in [1.54, 1.807) is 0 Å². The minimum Gasteiger partial charge on any atom is -0.492 e. The first-order valence-electron chi connectivity index (χ1n) is 9.20. The molecule has 3 aliphatic heterocycles. The van der Waals surface area contributed by atoms with Crippen LogP contribution < -0.4 is 19.1 Å². The van der Waals surface area contributed by atoms with Gasteiger partial charge in [-0.2, -0.15) is 0 Å². The minimum atomic E-state index is -0.200. The summed E-state index contributed by atoms with van der Waals surface area (Å²) in [7, 11) is 0. The summed E-state index contributed by atoms with van der Waals surface area (Å²) in [6, 6.07) is 16.7. The van der Waals surface area contributed by atoms with Gasteiger partial charge in [-0.3, -0.25) is 0 Å². The maximum Gasteiger partial charge on any atom is 0.231 e. The van der Waals surface area contributed by atoms with Gasteiger partial charge in [-0.1, -0.05) is 18.2 Å². The van der Waals surface area contributed by atoms with E-state index in [2.05, 4.69) is 41.3 Å². The second-order valence-electron chi connectivity index (χ2n) is 7.46. The number of rotatable bonds is 2. The van der Waals surface area contributed by atoms with Gasteiger partial charge in [0.25, 0.3) is 0 Å². The highest BCUT2D eigenvalue weighted by atomic mass is 16.7. The number of aryl methyl sites for hydroxylation is 1. The fraction of sp³-hybridized carbons (Fsp3) is 0.273. The molecule has 1 spiro atoms. The molecule has 0 aliphatic carbocycles. The van der Waals surface area contributed by atoms with Crippen molar-refractivity contribution in [1.82, 2.24) is 0 Å². The molecule has 0 bridgehead atoms. The zero-order valence-corrected chi connectivity index (χ0v) is 15.0. The lowest BCUT2D eigenvalue weighted by atomic mass is 9.77. The van der Waals surface area contributed by atoms with Gasteiger partial charge in [0.05, 0.1) is 12.0 Å². The molecule has 136 valence electrons. The number of hydrogen-bond acceptors (Lipinski definition) is 5. The van der Waals surface area contributed by atoms with E-state index in [0.717, 1.165) is 41.9 Å². The van der Waals surface area contributed by atoms with Crippen LogP contribution in [0.1, 0.15) is 22.6 Å². The quantitative estimate of drug-likeness (QED) is 0.690. The van der Waals surface area contributed by atoms with E-state index >= 15 is 0 Å². The first-order valence-corrected chi connectivity index (χ1v) is 9.20. The number of nitrogens with zero attached hydrogens (tertiary/aromatic N) is 1. The maximum absolute atomic E-state index is 6.14. The largest absolute Gasteiger partial charge is 0.492 e. The number of furan rings is 1. The van der Waals surface area contributed by atoms with Crippen LogP contribution in [-0.2, 0) is 12.0 Å². The second-order valence-corrected chi connectivity index (χ2v) is 7.46. The van der Waals surface area contributed by atoms with E-state index in [1.165, 1.54) is 16.8 Å². The Labute approximate surface area is 157 Å². The first kappa shape index (κ1) is 15.0. The van der Waals surface area contributed by atoms with Crippen molar-refractivity contribution < 1.29 is 18.6 Å². The molecular weight excluding hydrogens is 342 g/mol. The van der Waals surface area contributed by atoms with E-state index in [4.69, 9.17) is 18.6 Å². The summed E-state index contributed by atoms with van der Waals surface area (Å²) >= 11 is 0. The normalized spacial score (nSPS) is 21.4. The molecule has 27 heavy (non-hydrogen) atoms. The van der Waals surface area contributed by atoms with Crippen LogP contribution >= 0.6 is 0 Å². The lowest BCUT2D eigenvalue weighted by Crippen LogP contribution is -2.35. The molecule has 3 aromatic rings. The van der Waals surface area contributed by atoms with Gasteiger partial charge in [-0.15, -0.1) is 0 Å². The van der Waals surface area contributed by atoms with Crippen LogP contribution in [0.3, 0.4) is 0 Å². The molecule has 0 saturated heterocycles. The molecule has 5 nitrogen and oxygen atoms in total. The third-order valence-corrected chi connectivity index (χ3v) is 5.83. The summed E-state index contributed by atoms with van der Waals surface area (Å²) in [6.45, 7) is 4.46. The van der Waals surface area contributed by atoms with Crippen molar-refractivity contribution in [3.63, 3.8) is 0 Å². The van der Waals surface area contributed by atoms with Gasteiger partial charge in [0.1, 0.15) is 23.9 Å². The highest BCUT2D eigenvalue weighted by Gasteiger charge is 2.50. The van der Waals surface area contributed by atoms with Crippen LogP contribution in [0.4, 0.5) is 5.69 Å². The molecule has 1 aromatic heterocycles. The van der Waals surface area contributed by atoms with Crippen molar-refractivity contribution in [2.24, 2.45) is 0 Å². The third-order valence-electron chi connectivity index (χ3n) is 5.83. The smallest absolute Gasteiger partial charge is 0.231 e. The molecule has 5 heteroatoms. The average Bonchev–Trinajstić information content (AvgIpc) is 3.43.